The molecule has 2 rings (SSSR count). The summed E-state index contributed by atoms with van der Waals surface area (Å²) < 4.78 is 5.96. The van der Waals surface area contributed by atoms with Gasteiger partial charge in [-0.25, -0.2) is 0 Å². The third kappa shape index (κ3) is 3.90. The molecule has 3 atom stereocenters. The monoisotopic (exact) mass is 353 g/mol. The summed E-state index contributed by atoms with van der Waals surface area (Å²) in [4.78, 5) is 28.5. The van der Waals surface area contributed by atoms with E-state index in [2.05, 4.69) is 20.9 Å². The van der Waals surface area contributed by atoms with Crippen molar-refractivity contribution in [1.82, 2.24) is 4.98 Å². The van der Waals surface area contributed by atoms with E-state index in [9.17, 15) is 9.59 Å². The van der Waals surface area contributed by atoms with Gasteiger partial charge in [0.15, 0.2) is 5.78 Å². The van der Waals surface area contributed by atoms with Crippen LogP contribution in [0.4, 0.5) is 0 Å². The normalized spacial score (nSPS) is 25.4. The number of ketones is 1. The van der Waals surface area contributed by atoms with Crippen molar-refractivity contribution in [2.45, 2.75) is 33.1 Å². The first-order valence-corrected chi connectivity index (χ1v) is 8.14. The highest BCUT2D eigenvalue weighted by Crippen LogP contribution is 2.36. The van der Waals surface area contributed by atoms with Gasteiger partial charge in [0.1, 0.15) is 5.69 Å². The molecular weight excluding hydrogens is 334 g/mol. The van der Waals surface area contributed by atoms with Gasteiger partial charge < -0.3 is 4.74 Å². The SMILES string of the molecule is CCOC(=O)C1CCC(C(=O)c2ccc(Br)cn2)C[C@H]1C. The minimum Gasteiger partial charge on any atom is -0.466 e. The van der Waals surface area contributed by atoms with E-state index in [0.29, 0.717) is 18.7 Å². The second kappa shape index (κ2) is 7.16. The molecule has 2 unspecified atom stereocenters. The Balaban J connectivity index is 2.00. The number of halogens is 1. The van der Waals surface area contributed by atoms with Gasteiger partial charge in [-0.05, 0) is 60.2 Å². The number of carbonyl (C=O) groups is 2. The fraction of sp³-hybridized carbons (Fsp3) is 0.562. The van der Waals surface area contributed by atoms with Gasteiger partial charge in [-0.2, -0.15) is 0 Å². The predicted molar refractivity (Wildman–Crippen MR) is 82.9 cm³/mol. The van der Waals surface area contributed by atoms with E-state index in [1.54, 1.807) is 12.3 Å². The molecular formula is C16H20BrNO3. The first-order valence-electron chi connectivity index (χ1n) is 7.35. The number of esters is 1. The predicted octanol–water partition coefficient (Wildman–Crippen LogP) is 3.64. The Morgan fingerprint density at radius 3 is 2.71 bits per heavy atom. The van der Waals surface area contributed by atoms with E-state index in [4.69, 9.17) is 4.74 Å². The summed E-state index contributed by atoms with van der Waals surface area (Å²) in [7, 11) is 0. The van der Waals surface area contributed by atoms with Crippen LogP contribution in [0.15, 0.2) is 22.8 Å². The van der Waals surface area contributed by atoms with Gasteiger partial charge in [0, 0.05) is 16.6 Å². The zero-order valence-corrected chi connectivity index (χ0v) is 13.9. The maximum Gasteiger partial charge on any atom is 0.309 e. The Hall–Kier alpha value is -1.23. The number of pyridine rings is 1. The van der Waals surface area contributed by atoms with Crippen LogP contribution in [0.3, 0.4) is 0 Å². The highest BCUT2D eigenvalue weighted by Gasteiger charge is 2.36. The molecule has 5 heteroatoms. The summed E-state index contributed by atoms with van der Waals surface area (Å²) in [5.74, 6) is 0.00255. The number of nitrogens with zero attached hydrogens (tertiary/aromatic N) is 1. The molecule has 1 heterocycles. The summed E-state index contributed by atoms with van der Waals surface area (Å²) >= 11 is 3.31. The highest BCUT2D eigenvalue weighted by molar-refractivity contribution is 9.10. The van der Waals surface area contributed by atoms with Gasteiger partial charge in [-0.15, -0.1) is 0 Å². The van der Waals surface area contributed by atoms with Crippen molar-refractivity contribution in [3.8, 4) is 0 Å². The van der Waals surface area contributed by atoms with E-state index >= 15 is 0 Å². The van der Waals surface area contributed by atoms with Gasteiger partial charge in [-0.1, -0.05) is 6.92 Å². The van der Waals surface area contributed by atoms with E-state index in [-0.39, 0.29) is 29.5 Å². The zero-order chi connectivity index (χ0) is 15.4. The van der Waals surface area contributed by atoms with Crippen LogP contribution in [0.25, 0.3) is 0 Å². The van der Waals surface area contributed by atoms with Crippen LogP contribution < -0.4 is 0 Å². The van der Waals surface area contributed by atoms with Crippen molar-refractivity contribution in [2.75, 3.05) is 6.61 Å². The molecule has 0 N–H and O–H groups in total. The zero-order valence-electron chi connectivity index (χ0n) is 12.3. The summed E-state index contributed by atoms with van der Waals surface area (Å²) in [6.07, 6.45) is 3.80. The van der Waals surface area contributed by atoms with E-state index in [1.165, 1.54) is 0 Å². The van der Waals surface area contributed by atoms with E-state index in [0.717, 1.165) is 17.3 Å². The molecule has 0 aliphatic heterocycles. The maximum atomic E-state index is 12.5. The fourth-order valence-corrected chi connectivity index (χ4v) is 3.20. The van der Waals surface area contributed by atoms with Crippen molar-refractivity contribution in [1.29, 1.82) is 0 Å². The number of hydrogen-bond acceptors (Lipinski definition) is 4. The molecule has 1 fully saturated rings. The number of ether oxygens (including phenoxy) is 1. The third-order valence-electron chi connectivity index (χ3n) is 4.11. The molecule has 21 heavy (non-hydrogen) atoms. The number of aromatic nitrogens is 1. The summed E-state index contributed by atoms with van der Waals surface area (Å²) in [5.41, 5.74) is 0.505. The van der Waals surface area contributed by atoms with Gasteiger partial charge in [0.25, 0.3) is 0 Å². The molecule has 0 radical (unpaired) electrons. The number of Topliss-reactive ketones (excluding diaryl/α,β-unsaturated/α-hetero) is 1. The Kier molecular flexibility index (Phi) is 5.51. The van der Waals surface area contributed by atoms with Crippen LogP contribution in [0, 0.1) is 17.8 Å². The van der Waals surface area contributed by atoms with Crippen LogP contribution in [0.5, 0.6) is 0 Å². The molecule has 1 aromatic heterocycles. The standard InChI is InChI=1S/C16H20BrNO3/c1-3-21-16(20)13-6-4-11(8-10(13)2)15(19)14-7-5-12(17)9-18-14/h5,7,9-11,13H,3-4,6,8H2,1-2H3/t10-,11?,13?/m1/s1. The molecule has 0 aromatic carbocycles. The average molecular weight is 354 g/mol. The van der Waals surface area contributed by atoms with Gasteiger partial charge in [0.05, 0.1) is 12.5 Å². The summed E-state index contributed by atoms with van der Waals surface area (Å²) in [6, 6.07) is 3.57. The number of rotatable bonds is 4. The number of hydrogen-bond donors (Lipinski definition) is 0. The minimum absolute atomic E-state index is 0.0423. The maximum absolute atomic E-state index is 12.5. The number of carbonyl (C=O) groups excluding carboxylic acids is 2. The molecule has 114 valence electrons. The lowest BCUT2D eigenvalue weighted by Gasteiger charge is -2.31. The molecule has 1 aromatic rings. The molecule has 4 nitrogen and oxygen atoms in total. The van der Waals surface area contributed by atoms with Crippen LogP contribution in [0.1, 0.15) is 43.6 Å². The van der Waals surface area contributed by atoms with Gasteiger partial charge in [-0.3, -0.25) is 14.6 Å². The van der Waals surface area contributed by atoms with Crippen molar-refractivity contribution in [3.63, 3.8) is 0 Å². The largest absolute Gasteiger partial charge is 0.466 e. The summed E-state index contributed by atoms with van der Waals surface area (Å²) in [6.45, 7) is 4.25. The van der Waals surface area contributed by atoms with E-state index < -0.39 is 0 Å². The van der Waals surface area contributed by atoms with Crippen molar-refractivity contribution < 1.29 is 14.3 Å². The molecule has 1 saturated carbocycles. The van der Waals surface area contributed by atoms with Crippen molar-refractivity contribution in [3.05, 3.63) is 28.5 Å². The molecule has 0 saturated heterocycles. The van der Waals surface area contributed by atoms with Crippen molar-refractivity contribution >= 4 is 27.7 Å². The molecule has 0 bridgehead atoms. The lowest BCUT2D eigenvalue weighted by molar-refractivity contribution is -0.151. The summed E-state index contributed by atoms with van der Waals surface area (Å²) in [5, 5.41) is 0. The smallest absolute Gasteiger partial charge is 0.309 e. The van der Waals surface area contributed by atoms with Crippen LogP contribution in [-0.2, 0) is 9.53 Å². The van der Waals surface area contributed by atoms with Crippen LogP contribution in [-0.4, -0.2) is 23.3 Å². The van der Waals surface area contributed by atoms with E-state index in [1.807, 2.05) is 19.9 Å². The first-order chi connectivity index (χ1) is 10.0. The van der Waals surface area contributed by atoms with Crippen LogP contribution >= 0.6 is 15.9 Å². The lowest BCUT2D eigenvalue weighted by Crippen LogP contribution is -2.33. The third-order valence-corrected chi connectivity index (χ3v) is 4.58. The van der Waals surface area contributed by atoms with Crippen molar-refractivity contribution in [2.24, 2.45) is 17.8 Å². The molecule has 0 spiro atoms. The Bertz CT molecular complexity index is 515. The van der Waals surface area contributed by atoms with Gasteiger partial charge in [0.2, 0.25) is 0 Å². The lowest BCUT2D eigenvalue weighted by atomic mass is 9.73. The quantitative estimate of drug-likeness (QED) is 0.612. The average Bonchev–Trinajstić information content (AvgIpc) is 2.47. The van der Waals surface area contributed by atoms with Gasteiger partial charge >= 0.3 is 5.97 Å². The minimum atomic E-state index is -0.127. The topological polar surface area (TPSA) is 56.3 Å². The Morgan fingerprint density at radius 2 is 2.14 bits per heavy atom. The molecule has 0 amide bonds. The Morgan fingerprint density at radius 1 is 1.38 bits per heavy atom. The fourth-order valence-electron chi connectivity index (χ4n) is 2.96. The molecule has 1 aliphatic carbocycles. The first kappa shape index (κ1) is 16.1. The second-order valence-electron chi connectivity index (χ2n) is 5.57. The highest BCUT2D eigenvalue weighted by atomic mass is 79.9. The second-order valence-corrected chi connectivity index (χ2v) is 6.49. The molecule has 1 aliphatic rings. The Labute approximate surface area is 133 Å². The van der Waals surface area contributed by atoms with Crippen LogP contribution in [0.2, 0.25) is 0 Å².